The number of aliphatic hydroxyl groups is 1. The molecule has 1 fully saturated rings. The van der Waals surface area contributed by atoms with E-state index in [9.17, 15) is 9.90 Å². The number of amides is 2. The van der Waals surface area contributed by atoms with E-state index in [1.807, 2.05) is 25.3 Å². The molecule has 1 aromatic heterocycles. The lowest BCUT2D eigenvalue weighted by Crippen LogP contribution is -2.53. The number of carbonyl (C=O) groups is 1. The molecule has 1 unspecified atom stereocenters. The normalized spacial score (nSPS) is 17.2. The van der Waals surface area contributed by atoms with Crippen molar-refractivity contribution in [3.05, 3.63) is 17.8 Å². The van der Waals surface area contributed by atoms with Gasteiger partial charge in [-0.3, -0.25) is 10.2 Å². The van der Waals surface area contributed by atoms with Crippen LogP contribution in [0.4, 0.5) is 10.6 Å². The molecule has 0 aliphatic carbocycles. The predicted octanol–water partition coefficient (Wildman–Crippen LogP) is 2.04. The zero-order valence-corrected chi connectivity index (χ0v) is 15.6. The molecule has 1 atom stereocenters. The molecule has 0 saturated carbocycles. The molecular weight excluding hydrogens is 318 g/mol. The number of hydrogen-bond acceptors (Lipinski definition) is 4. The fourth-order valence-corrected chi connectivity index (χ4v) is 3.16. The number of hydrogen-bond donors (Lipinski definition) is 2. The highest BCUT2D eigenvalue weighted by molar-refractivity contribution is 5.89. The Hall–Kier alpha value is -2.04. The number of aromatic nitrogens is 1. The van der Waals surface area contributed by atoms with Crippen LogP contribution < -0.4 is 5.32 Å². The van der Waals surface area contributed by atoms with Crippen LogP contribution in [-0.4, -0.2) is 64.3 Å². The van der Waals surface area contributed by atoms with E-state index in [0.717, 1.165) is 19.5 Å². The molecule has 2 amide bonds. The minimum atomic E-state index is -0.230. The second-order valence-corrected chi connectivity index (χ2v) is 7.46. The molecule has 1 aromatic rings. The minimum absolute atomic E-state index is 0.148. The average molecular weight is 347 g/mol. The Morgan fingerprint density at radius 2 is 2.00 bits per heavy atom. The first-order valence-corrected chi connectivity index (χ1v) is 8.84. The predicted molar refractivity (Wildman–Crippen MR) is 97.5 cm³/mol. The molecule has 1 aliphatic heterocycles. The van der Waals surface area contributed by atoms with Crippen molar-refractivity contribution in [3.8, 4) is 6.07 Å². The Morgan fingerprint density at radius 1 is 1.36 bits per heavy atom. The summed E-state index contributed by atoms with van der Waals surface area (Å²) in [5, 5.41) is 21.5. The third kappa shape index (κ3) is 4.53. The smallest absolute Gasteiger partial charge is 0.323 e. The summed E-state index contributed by atoms with van der Waals surface area (Å²) in [7, 11) is 0. The Labute approximate surface area is 149 Å². The fraction of sp³-hybridized carbons (Fsp3) is 0.667. The maximum absolute atomic E-state index is 12.6. The molecule has 2 heterocycles. The zero-order valence-electron chi connectivity index (χ0n) is 15.6. The molecule has 2 rings (SSSR count). The van der Waals surface area contributed by atoms with Crippen molar-refractivity contribution >= 4 is 11.8 Å². The lowest BCUT2D eigenvalue weighted by molar-refractivity contribution is 0.0765. The molecule has 1 aliphatic rings. The summed E-state index contributed by atoms with van der Waals surface area (Å²) in [6.45, 7) is 11.1. The molecule has 0 bridgehead atoms. The number of urea groups is 1. The van der Waals surface area contributed by atoms with E-state index in [2.05, 4.69) is 23.2 Å². The summed E-state index contributed by atoms with van der Waals surface area (Å²) in [5.74, 6) is 0.637. The van der Waals surface area contributed by atoms with E-state index in [-0.39, 0.29) is 24.2 Å². The standard InChI is InChI=1S/C18H29N5O2/c1-5-15(13-24)21-6-8-22(9-7-21)17(25)20-16-10-14(11-19)12-23(16)18(2,3)4/h10,12,15,24H,5-9,13H2,1-4H3,(H,20,25). The highest BCUT2D eigenvalue weighted by Gasteiger charge is 2.26. The van der Waals surface area contributed by atoms with Crippen molar-refractivity contribution in [1.29, 1.82) is 5.26 Å². The van der Waals surface area contributed by atoms with E-state index < -0.39 is 0 Å². The molecule has 0 radical (unpaired) electrons. The molecule has 2 N–H and O–H groups in total. The van der Waals surface area contributed by atoms with Gasteiger partial charge in [-0.2, -0.15) is 5.26 Å². The van der Waals surface area contributed by atoms with E-state index in [1.165, 1.54) is 0 Å². The van der Waals surface area contributed by atoms with E-state index >= 15 is 0 Å². The molecule has 7 heteroatoms. The Morgan fingerprint density at radius 3 is 2.48 bits per heavy atom. The quantitative estimate of drug-likeness (QED) is 0.873. The second-order valence-electron chi connectivity index (χ2n) is 7.46. The van der Waals surface area contributed by atoms with Gasteiger partial charge in [0.05, 0.1) is 12.2 Å². The lowest BCUT2D eigenvalue weighted by atomic mass is 10.1. The summed E-state index contributed by atoms with van der Waals surface area (Å²) in [6.07, 6.45) is 2.67. The van der Waals surface area contributed by atoms with Crippen molar-refractivity contribution in [2.45, 2.75) is 45.7 Å². The first kappa shape index (κ1) is 19.3. The number of carbonyl (C=O) groups excluding carboxylic acids is 1. The Kier molecular flexibility index (Phi) is 6.09. The molecule has 0 spiro atoms. The van der Waals surface area contributed by atoms with Crippen LogP contribution in [0.25, 0.3) is 0 Å². The number of rotatable bonds is 4. The maximum atomic E-state index is 12.6. The highest BCUT2D eigenvalue weighted by Crippen LogP contribution is 2.24. The Bertz CT molecular complexity index is 629. The summed E-state index contributed by atoms with van der Waals surface area (Å²) < 4.78 is 1.92. The number of nitrogens with zero attached hydrogens (tertiary/aromatic N) is 4. The SMILES string of the molecule is CCC(CO)N1CCN(C(=O)Nc2cc(C#N)cn2C(C)(C)C)CC1. The van der Waals surface area contributed by atoms with Gasteiger partial charge < -0.3 is 14.6 Å². The Balaban J connectivity index is 2.02. The highest BCUT2D eigenvalue weighted by atomic mass is 16.3. The van der Waals surface area contributed by atoms with Crippen LogP contribution in [0.2, 0.25) is 0 Å². The lowest BCUT2D eigenvalue weighted by Gasteiger charge is -2.38. The van der Waals surface area contributed by atoms with Crippen LogP contribution in [-0.2, 0) is 5.54 Å². The number of piperazine rings is 1. The van der Waals surface area contributed by atoms with Gasteiger partial charge in [0.1, 0.15) is 11.9 Å². The van der Waals surface area contributed by atoms with Crippen LogP contribution >= 0.6 is 0 Å². The van der Waals surface area contributed by atoms with Gasteiger partial charge in [-0.05, 0) is 33.3 Å². The number of anilines is 1. The van der Waals surface area contributed by atoms with Crippen molar-refractivity contribution in [3.63, 3.8) is 0 Å². The van der Waals surface area contributed by atoms with E-state index in [0.29, 0.717) is 24.5 Å². The molecule has 1 saturated heterocycles. The van der Waals surface area contributed by atoms with E-state index in [1.54, 1.807) is 17.2 Å². The third-order valence-corrected chi connectivity index (χ3v) is 4.71. The number of nitriles is 1. The molecule has 25 heavy (non-hydrogen) atoms. The molecule has 0 aromatic carbocycles. The van der Waals surface area contributed by atoms with Gasteiger partial charge in [-0.15, -0.1) is 0 Å². The summed E-state index contributed by atoms with van der Waals surface area (Å²) in [5.41, 5.74) is 0.301. The largest absolute Gasteiger partial charge is 0.395 e. The van der Waals surface area contributed by atoms with Crippen LogP contribution in [0.15, 0.2) is 12.3 Å². The topological polar surface area (TPSA) is 84.5 Å². The van der Waals surface area contributed by atoms with Crippen molar-refractivity contribution < 1.29 is 9.90 Å². The summed E-state index contributed by atoms with van der Waals surface area (Å²) in [4.78, 5) is 16.6. The van der Waals surface area contributed by atoms with Crippen LogP contribution in [0.3, 0.4) is 0 Å². The van der Waals surface area contributed by atoms with Crippen molar-refractivity contribution in [2.75, 3.05) is 38.1 Å². The van der Waals surface area contributed by atoms with Crippen LogP contribution in [0.5, 0.6) is 0 Å². The van der Waals surface area contributed by atoms with Gasteiger partial charge in [-0.1, -0.05) is 6.92 Å². The van der Waals surface area contributed by atoms with Gasteiger partial charge in [0.25, 0.3) is 0 Å². The van der Waals surface area contributed by atoms with Crippen LogP contribution in [0, 0.1) is 11.3 Å². The van der Waals surface area contributed by atoms with E-state index in [4.69, 9.17) is 5.26 Å². The van der Waals surface area contributed by atoms with Gasteiger partial charge in [0.2, 0.25) is 0 Å². The maximum Gasteiger partial charge on any atom is 0.323 e. The summed E-state index contributed by atoms with van der Waals surface area (Å²) in [6, 6.07) is 3.85. The second kappa shape index (κ2) is 7.89. The summed E-state index contributed by atoms with van der Waals surface area (Å²) >= 11 is 0. The average Bonchev–Trinajstić information content (AvgIpc) is 3.00. The first-order chi connectivity index (χ1) is 11.8. The first-order valence-electron chi connectivity index (χ1n) is 8.84. The number of aliphatic hydroxyl groups excluding tert-OH is 1. The zero-order chi connectivity index (χ0) is 18.6. The molecule has 138 valence electrons. The van der Waals surface area contributed by atoms with Gasteiger partial charge in [-0.25, -0.2) is 4.79 Å². The monoisotopic (exact) mass is 347 g/mol. The molecular formula is C18H29N5O2. The molecule has 7 nitrogen and oxygen atoms in total. The van der Waals surface area contributed by atoms with Gasteiger partial charge in [0.15, 0.2) is 0 Å². The van der Waals surface area contributed by atoms with Crippen molar-refractivity contribution in [2.24, 2.45) is 0 Å². The minimum Gasteiger partial charge on any atom is -0.395 e. The van der Waals surface area contributed by atoms with Gasteiger partial charge in [0, 0.05) is 44.0 Å². The van der Waals surface area contributed by atoms with Crippen molar-refractivity contribution in [1.82, 2.24) is 14.4 Å². The third-order valence-electron chi connectivity index (χ3n) is 4.71. The van der Waals surface area contributed by atoms with Crippen LogP contribution in [0.1, 0.15) is 39.7 Å². The fourth-order valence-electron chi connectivity index (χ4n) is 3.16. The van der Waals surface area contributed by atoms with Gasteiger partial charge >= 0.3 is 6.03 Å². The number of nitrogens with one attached hydrogen (secondary N) is 1.